The van der Waals surface area contributed by atoms with Crippen LogP contribution in [0.5, 0.6) is 0 Å². The summed E-state index contributed by atoms with van der Waals surface area (Å²) >= 11 is 0. The predicted octanol–water partition coefficient (Wildman–Crippen LogP) is 0.00680. The van der Waals surface area contributed by atoms with Gasteiger partial charge in [-0.3, -0.25) is 14.4 Å². The van der Waals surface area contributed by atoms with Gasteiger partial charge in [-0.25, -0.2) is 4.79 Å². The van der Waals surface area contributed by atoms with Crippen LogP contribution in [0.25, 0.3) is 0 Å². The smallest absolute Gasteiger partial charge is 0.407 e. The number of benzene rings is 1. The largest absolute Gasteiger partial charge is 0.480 e. The number of carboxylic acid groups (broad SMARTS) is 1. The number of hydrogen-bond acceptors (Lipinski definition) is 5. The molecule has 1 aromatic carbocycles. The van der Waals surface area contributed by atoms with Crippen molar-refractivity contribution >= 4 is 23.9 Å². The number of ether oxygens (including phenoxy) is 1. The van der Waals surface area contributed by atoms with Gasteiger partial charge in [0, 0.05) is 0 Å². The van der Waals surface area contributed by atoms with Crippen LogP contribution >= 0.6 is 0 Å². The number of hydrogen-bond donors (Lipinski definition) is 4. The van der Waals surface area contributed by atoms with Crippen molar-refractivity contribution in [2.24, 2.45) is 0 Å². The molecule has 4 N–H and O–H groups in total. The molecular weight excluding hydrogens is 330 g/mol. The number of carbonyl (C=O) groups excluding carboxylic acids is 3. The highest BCUT2D eigenvalue weighted by atomic mass is 16.5. The summed E-state index contributed by atoms with van der Waals surface area (Å²) in [5.74, 6) is -2.44. The molecule has 0 aliphatic heterocycles. The lowest BCUT2D eigenvalue weighted by Crippen LogP contribution is -2.51. The second-order valence-corrected chi connectivity index (χ2v) is 5.27. The van der Waals surface area contributed by atoms with Gasteiger partial charge >= 0.3 is 12.1 Å². The Bertz CT molecular complexity index is 620. The minimum absolute atomic E-state index is 0.0696. The van der Waals surface area contributed by atoms with Crippen molar-refractivity contribution in [1.29, 1.82) is 0 Å². The number of carbonyl (C=O) groups is 4. The first-order chi connectivity index (χ1) is 11.8. The van der Waals surface area contributed by atoms with E-state index in [0.717, 1.165) is 5.56 Å². The molecule has 0 aliphatic rings. The molecule has 0 bridgehead atoms. The van der Waals surface area contributed by atoms with Crippen LogP contribution in [0.4, 0.5) is 4.79 Å². The summed E-state index contributed by atoms with van der Waals surface area (Å²) in [6, 6.07) is 7.01. The number of rotatable bonds is 8. The van der Waals surface area contributed by atoms with Gasteiger partial charge in [0.25, 0.3) is 0 Å². The molecule has 9 heteroatoms. The Morgan fingerprint density at radius 3 is 2.28 bits per heavy atom. The molecule has 25 heavy (non-hydrogen) atoms. The van der Waals surface area contributed by atoms with Gasteiger partial charge in [-0.2, -0.15) is 0 Å². The maximum atomic E-state index is 11.7. The summed E-state index contributed by atoms with van der Waals surface area (Å²) in [6.07, 6.45) is -0.768. The van der Waals surface area contributed by atoms with Crippen molar-refractivity contribution in [3.8, 4) is 0 Å². The maximum Gasteiger partial charge on any atom is 0.407 e. The van der Waals surface area contributed by atoms with Gasteiger partial charge in [-0.05, 0) is 19.4 Å². The normalized spacial score (nSPS) is 12.4. The van der Waals surface area contributed by atoms with Crippen LogP contribution in [0.15, 0.2) is 30.3 Å². The van der Waals surface area contributed by atoms with Crippen molar-refractivity contribution in [3.05, 3.63) is 35.9 Å². The van der Waals surface area contributed by atoms with Crippen LogP contribution < -0.4 is 16.0 Å². The highest BCUT2D eigenvalue weighted by molar-refractivity contribution is 5.91. The third-order valence-corrected chi connectivity index (χ3v) is 3.11. The molecule has 1 aromatic rings. The molecule has 3 amide bonds. The topological polar surface area (TPSA) is 134 Å². The summed E-state index contributed by atoms with van der Waals surface area (Å²) < 4.78 is 4.94. The molecule has 0 radical (unpaired) electrons. The molecule has 9 nitrogen and oxygen atoms in total. The summed E-state index contributed by atoms with van der Waals surface area (Å²) in [4.78, 5) is 45.5. The van der Waals surface area contributed by atoms with Gasteiger partial charge in [0.2, 0.25) is 11.8 Å². The van der Waals surface area contributed by atoms with Crippen molar-refractivity contribution < 1.29 is 29.0 Å². The van der Waals surface area contributed by atoms with Crippen LogP contribution in [-0.2, 0) is 25.7 Å². The summed E-state index contributed by atoms with van der Waals surface area (Å²) in [7, 11) is 0. The fraction of sp³-hybridized carbons (Fsp3) is 0.375. The molecule has 0 spiro atoms. The van der Waals surface area contributed by atoms with E-state index in [9.17, 15) is 19.2 Å². The van der Waals surface area contributed by atoms with E-state index in [-0.39, 0.29) is 13.2 Å². The van der Waals surface area contributed by atoms with Crippen LogP contribution in [0.2, 0.25) is 0 Å². The molecule has 136 valence electrons. The minimum atomic E-state index is -1.19. The Morgan fingerprint density at radius 2 is 1.68 bits per heavy atom. The zero-order valence-corrected chi connectivity index (χ0v) is 13.9. The minimum Gasteiger partial charge on any atom is -0.480 e. The number of amides is 3. The molecule has 0 aromatic heterocycles. The highest BCUT2D eigenvalue weighted by Gasteiger charge is 2.20. The summed E-state index contributed by atoms with van der Waals surface area (Å²) in [6.45, 7) is 2.40. The standard InChI is InChI=1S/C16H21N3O6/c1-10(14(21)19-11(2)15(22)23)18-13(20)8-17-16(24)25-9-12-6-4-3-5-7-12/h3-7,10-11H,8-9H2,1-2H3,(H,17,24)(H,18,20)(H,19,21)(H,22,23)/t10-,11-/m1/s1. The van der Waals surface area contributed by atoms with Gasteiger partial charge in [-0.1, -0.05) is 30.3 Å². The van der Waals surface area contributed by atoms with Gasteiger partial charge in [-0.15, -0.1) is 0 Å². The number of alkyl carbamates (subject to hydrolysis) is 1. The lowest BCUT2D eigenvalue weighted by molar-refractivity contribution is -0.141. The van der Waals surface area contributed by atoms with Gasteiger partial charge in [0.1, 0.15) is 25.2 Å². The average Bonchev–Trinajstić information content (AvgIpc) is 2.58. The Morgan fingerprint density at radius 1 is 1.04 bits per heavy atom. The van der Waals surface area contributed by atoms with Crippen molar-refractivity contribution in [3.63, 3.8) is 0 Å². The van der Waals surface area contributed by atoms with Crippen molar-refractivity contribution in [2.75, 3.05) is 6.54 Å². The van der Waals surface area contributed by atoms with Gasteiger partial charge in [0.15, 0.2) is 0 Å². The first kappa shape index (κ1) is 19.9. The Hall–Kier alpha value is -3.10. The van der Waals surface area contributed by atoms with E-state index in [2.05, 4.69) is 16.0 Å². The highest BCUT2D eigenvalue weighted by Crippen LogP contribution is 2.00. The molecule has 0 heterocycles. The van der Waals surface area contributed by atoms with E-state index >= 15 is 0 Å². The van der Waals surface area contributed by atoms with Gasteiger partial charge < -0.3 is 25.8 Å². The van der Waals surface area contributed by atoms with E-state index < -0.39 is 36.0 Å². The average molecular weight is 351 g/mol. The molecule has 0 saturated carbocycles. The van der Waals surface area contributed by atoms with E-state index in [1.165, 1.54) is 13.8 Å². The van der Waals surface area contributed by atoms with Crippen molar-refractivity contribution in [1.82, 2.24) is 16.0 Å². The third-order valence-electron chi connectivity index (χ3n) is 3.11. The molecular formula is C16H21N3O6. The molecule has 0 fully saturated rings. The SMILES string of the molecule is C[C@@H](NC(=O)[C@@H](C)NC(=O)CNC(=O)OCc1ccccc1)C(=O)O. The van der Waals surface area contributed by atoms with Crippen LogP contribution in [-0.4, -0.2) is 47.6 Å². The monoisotopic (exact) mass is 351 g/mol. The third kappa shape index (κ3) is 7.82. The quantitative estimate of drug-likeness (QED) is 0.521. The lowest BCUT2D eigenvalue weighted by Gasteiger charge is -2.16. The van der Waals surface area contributed by atoms with Crippen molar-refractivity contribution in [2.45, 2.75) is 32.5 Å². The van der Waals surface area contributed by atoms with Crippen LogP contribution in [0, 0.1) is 0 Å². The van der Waals surface area contributed by atoms with E-state index in [4.69, 9.17) is 9.84 Å². The zero-order valence-electron chi connectivity index (χ0n) is 13.9. The fourth-order valence-electron chi connectivity index (χ4n) is 1.68. The lowest BCUT2D eigenvalue weighted by atomic mass is 10.2. The van der Waals surface area contributed by atoms with E-state index in [0.29, 0.717) is 0 Å². The molecule has 0 saturated heterocycles. The first-order valence-corrected chi connectivity index (χ1v) is 7.56. The van der Waals surface area contributed by atoms with E-state index in [1.54, 1.807) is 12.1 Å². The zero-order chi connectivity index (χ0) is 18.8. The van der Waals surface area contributed by atoms with Crippen LogP contribution in [0.1, 0.15) is 19.4 Å². The van der Waals surface area contributed by atoms with Crippen LogP contribution in [0.3, 0.4) is 0 Å². The van der Waals surface area contributed by atoms with Gasteiger partial charge in [0.05, 0.1) is 0 Å². The maximum absolute atomic E-state index is 11.7. The Kier molecular flexibility index (Phi) is 7.91. The fourth-order valence-corrected chi connectivity index (χ4v) is 1.68. The predicted molar refractivity (Wildman–Crippen MR) is 87.5 cm³/mol. The first-order valence-electron chi connectivity index (χ1n) is 7.56. The number of aliphatic carboxylic acids is 1. The number of nitrogens with one attached hydrogen (secondary N) is 3. The molecule has 0 aliphatic carbocycles. The second-order valence-electron chi connectivity index (χ2n) is 5.27. The Labute approximate surface area is 144 Å². The molecule has 0 unspecified atom stereocenters. The van der Waals surface area contributed by atoms with E-state index in [1.807, 2.05) is 18.2 Å². The summed E-state index contributed by atoms with van der Waals surface area (Å²) in [5, 5.41) is 15.5. The second kappa shape index (κ2) is 9.91. The molecule has 2 atom stereocenters. The number of carboxylic acids is 1. The summed E-state index contributed by atoms with van der Waals surface area (Å²) in [5.41, 5.74) is 0.806. The Balaban J connectivity index is 2.28. The molecule has 1 rings (SSSR count).